The largest absolute Gasteiger partial charge is 0.322 e. The first-order valence-corrected chi connectivity index (χ1v) is 7.77. The lowest BCUT2D eigenvalue weighted by molar-refractivity contribution is 0.147. The Balaban J connectivity index is 1.45. The quantitative estimate of drug-likeness (QED) is 0.946. The molecule has 0 radical (unpaired) electrons. The number of anilines is 1. The highest BCUT2D eigenvalue weighted by Gasteiger charge is 2.54. The molecule has 22 heavy (non-hydrogen) atoms. The molecule has 2 aliphatic heterocycles. The second-order valence-electron chi connectivity index (χ2n) is 6.72. The fourth-order valence-electron chi connectivity index (χ4n) is 3.86. The number of aromatic nitrogens is 2. The summed E-state index contributed by atoms with van der Waals surface area (Å²) in [5.74, 6) is 0.710. The van der Waals surface area contributed by atoms with Gasteiger partial charge >= 0.3 is 6.03 Å². The average molecular weight is 296 g/mol. The van der Waals surface area contributed by atoms with Crippen LogP contribution in [0.2, 0.25) is 0 Å². The Morgan fingerprint density at radius 3 is 2.95 bits per heavy atom. The van der Waals surface area contributed by atoms with E-state index in [1.54, 1.807) is 6.20 Å². The summed E-state index contributed by atoms with van der Waals surface area (Å²) in [7, 11) is 0. The van der Waals surface area contributed by atoms with E-state index in [0.29, 0.717) is 12.5 Å². The number of urea groups is 1. The highest BCUT2D eigenvalue weighted by Crippen LogP contribution is 2.50. The Labute approximate surface area is 129 Å². The van der Waals surface area contributed by atoms with Gasteiger partial charge in [0.1, 0.15) is 0 Å². The van der Waals surface area contributed by atoms with E-state index in [-0.39, 0.29) is 11.6 Å². The zero-order chi connectivity index (χ0) is 15.2. The summed E-state index contributed by atoms with van der Waals surface area (Å²) < 4.78 is 1.87. The van der Waals surface area contributed by atoms with Crippen molar-refractivity contribution in [3.8, 4) is 0 Å². The van der Waals surface area contributed by atoms with Crippen LogP contribution in [0.4, 0.5) is 10.5 Å². The van der Waals surface area contributed by atoms with Gasteiger partial charge in [-0.05, 0) is 49.4 Å². The van der Waals surface area contributed by atoms with E-state index in [0.717, 1.165) is 30.6 Å². The lowest BCUT2D eigenvalue weighted by Crippen LogP contribution is -2.47. The summed E-state index contributed by atoms with van der Waals surface area (Å²) in [4.78, 5) is 14.5. The molecule has 5 rings (SSSR count). The number of hydrogen-bond acceptors (Lipinski definition) is 2. The summed E-state index contributed by atoms with van der Waals surface area (Å²) in [6.45, 7) is 3.79. The number of hydrogen-bond donors (Lipinski definition) is 1. The third-order valence-corrected chi connectivity index (χ3v) is 4.88. The van der Waals surface area contributed by atoms with Gasteiger partial charge in [0.2, 0.25) is 0 Å². The van der Waals surface area contributed by atoms with Crippen LogP contribution in [0.5, 0.6) is 0 Å². The van der Waals surface area contributed by atoms with E-state index < -0.39 is 0 Å². The molecular formula is C17H20N4O. The number of rotatable bonds is 3. The van der Waals surface area contributed by atoms with Crippen LogP contribution in [0.1, 0.15) is 25.3 Å². The predicted octanol–water partition coefficient (Wildman–Crippen LogP) is 2.95. The number of fused-ring (bicyclic) bond motifs is 1. The zero-order valence-electron chi connectivity index (χ0n) is 12.7. The number of nitrogens with zero attached hydrogens (tertiary/aromatic N) is 3. The predicted molar refractivity (Wildman–Crippen MR) is 84.6 cm³/mol. The van der Waals surface area contributed by atoms with Gasteiger partial charge in [-0.25, -0.2) is 4.79 Å². The lowest BCUT2D eigenvalue weighted by atomic mass is 9.75. The van der Waals surface area contributed by atoms with Gasteiger partial charge in [-0.15, -0.1) is 0 Å². The van der Waals surface area contributed by atoms with Crippen LogP contribution in [0.25, 0.3) is 0 Å². The molecule has 3 aliphatic rings. The van der Waals surface area contributed by atoms with Crippen molar-refractivity contribution >= 4 is 11.7 Å². The highest BCUT2D eigenvalue weighted by molar-refractivity contribution is 5.90. The van der Waals surface area contributed by atoms with E-state index in [2.05, 4.69) is 17.3 Å². The van der Waals surface area contributed by atoms with Crippen molar-refractivity contribution in [1.82, 2.24) is 14.7 Å². The summed E-state index contributed by atoms with van der Waals surface area (Å²) in [5.41, 5.74) is 2.06. The van der Waals surface area contributed by atoms with Crippen LogP contribution >= 0.6 is 0 Å². The molecule has 2 aromatic rings. The summed E-state index contributed by atoms with van der Waals surface area (Å²) in [6.07, 6.45) is 6.01. The van der Waals surface area contributed by atoms with Crippen LogP contribution < -0.4 is 5.32 Å². The minimum atomic E-state index is 0.0266. The molecule has 1 N–H and O–H groups in total. The molecule has 3 heterocycles. The summed E-state index contributed by atoms with van der Waals surface area (Å²) in [5, 5.41) is 7.25. The number of nitrogens with one attached hydrogen (secondary N) is 1. The molecule has 2 bridgehead atoms. The van der Waals surface area contributed by atoms with E-state index in [1.165, 1.54) is 0 Å². The van der Waals surface area contributed by atoms with Crippen molar-refractivity contribution in [2.75, 3.05) is 11.9 Å². The van der Waals surface area contributed by atoms with Crippen molar-refractivity contribution in [1.29, 1.82) is 0 Å². The fraction of sp³-hybridized carbons (Fsp3) is 0.412. The maximum absolute atomic E-state index is 12.5. The second kappa shape index (κ2) is 4.87. The second-order valence-corrected chi connectivity index (χ2v) is 6.72. The van der Waals surface area contributed by atoms with Gasteiger partial charge in [-0.3, -0.25) is 4.68 Å². The maximum atomic E-state index is 12.5. The molecule has 1 aromatic heterocycles. The smallest absolute Gasteiger partial charge is 0.319 e. The summed E-state index contributed by atoms with van der Waals surface area (Å²) >= 11 is 0. The average Bonchev–Trinajstić information content (AvgIpc) is 3.13. The van der Waals surface area contributed by atoms with Crippen LogP contribution in [-0.2, 0) is 6.54 Å². The molecule has 0 spiro atoms. The molecule has 114 valence electrons. The van der Waals surface area contributed by atoms with E-state index in [1.807, 2.05) is 46.1 Å². The van der Waals surface area contributed by atoms with Gasteiger partial charge in [0, 0.05) is 30.2 Å². The molecule has 0 atom stereocenters. The van der Waals surface area contributed by atoms with Crippen molar-refractivity contribution < 1.29 is 4.79 Å². The molecule has 1 aromatic carbocycles. The van der Waals surface area contributed by atoms with Gasteiger partial charge in [0.15, 0.2) is 0 Å². The van der Waals surface area contributed by atoms with Crippen LogP contribution in [0, 0.1) is 5.92 Å². The molecule has 2 amide bonds. The molecule has 2 saturated heterocycles. The molecule has 3 fully saturated rings. The number of carbonyl (C=O) groups excluding carboxylic acids is 1. The first-order valence-electron chi connectivity index (χ1n) is 7.77. The molecule has 5 heteroatoms. The molecular weight excluding hydrogens is 276 g/mol. The number of benzene rings is 1. The van der Waals surface area contributed by atoms with Gasteiger partial charge in [0.25, 0.3) is 0 Å². The minimum absolute atomic E-state index is 0.0266. The van der Waals surface area contributed by atoms with E-state index in [9.17, 15) is 4.79 Å². The Morgan fingerprint density at radius 1 is 1.41 bits per heavy atom. The van der Waals surface area contributed by atoms with Crippen LogP contribution in [-0.4, -0.2) is 32.8 Å². The minimum Gasteiger partial charge on any atom is -0.319 e. The monoisotopic (exact) mass is 296 g/mol. The van der Waals surface area contributed by atoms with Crippen molar-refractivity contribution in [2.45, 2.75) is 31.8 Å². The fourth-order valence-corrected chi connectivity index (χ4v) is 3.86. The Bertz CT molecular complexity index is 688. The van der Waals surface area contributed by atoms with Gasteiger partial charge in [-0.1, -0.05) is 12.1 Å². The standard InChI is InChI=1S/C17H20N4O/c1-17-9-14(10-17)12-21(17)16(22)19-15-5-2-4-13(8-15)11-20-7-3-6-18-20/h2-8,14H,9-12H2,1H3,(H,19,22). The van der Waals surface area contributed by atoms with Crippen molar-refractivity contribution in [2.24, 2.45) is 5.92 Å². The Kier molecular flexibility index (Phi) is 2.96. The number of amides is 2. The van der Waals surface area contributed by atoms with Crippen LogP contribution in [0.3, 0.4) is 0 Å². The van der Waals surface area contributed by atoms with Gasteiger partial charge in [0.05, 0.1) is 6.54 Å². The zero-order valence-corrected chi connectivity index (χ0v) is 12.7. The highest BCUT2D eigenvalue weighted by atomic mass is 16.2. The maximum Gasteiger partial charge on any atom is 0.322 e. The normalized spacial score (nSPS) is 25.9. The third-order valence-electron chi connectivity index (χ3n) is 4.88. The molecule has 1 aliphatic carbocycles. The Hall–Kier alpha value is -2.30. The SMILES string of the molecule is CC12CC(CN1C(=O)Nc1cccc(Cn3cccn3)c1)C2. The lowest BCUT2D eigenvalue weighted by Gasteiger charge is -2.38. The molecule has 1 saturated carbocycles. The van der Waals surface area contributed by atoms with Gasteiger partial charge < -0.3 is 10.2 Å². The van der Waals surface area contributed by atoms with Crippen molar-refractivity contribution in [3.05, 3.63) is 48.3 Å². The van der Waals surface area contributed by atoms with Gasteiger partial charge in [-0.2, -0.15) is 5.10 Å². The first kappa shape index (κ1) is 13.4. The van der Waals surface area contributed by atoms with Crippen molar-refractivity contribution in [3.63, 3.8) is 0 Å². The Morgan fingerprint density at radius 2 is 2.27 bits per heavy atom. The number of carbonyl (C=O) groups is 1. The topological polar surface area (TPSA) is 50.2 Å². The summed E-state index contributed by atoms with van der Waals surface area (Å²) in [6, 6.07) is 9.91. The molecule has 5 nitrogen and oxygen atoms in total. The first-order chi connectivity index (χ1) is 10.6. The molecule has 0 unspecified atom stereocenters. The van der Waals surface area contributed by atoms with E-state index in [4.69, 9.17) is 0 Å². The van der Waals surface area contributed by atoms with E-state index >= 15 is 0 Å². The third kappa shape index (κ3) is 2.26. The van der Waals surface area contributed by atoms with Crippen LogP contribution in [0.15, 0.2) is 42.7 Å².